The number of carbonyl (C=O) groups excluding carboxylic acids is 4. The number of fused-ring (bicyclic) bond motifs is 3. The molecule has 3 fully saturated rings. The topological polar surface area (TPSA) is 192 Å². The molecule has 1 saturated heterocycles. The number of nitrogens with one attached hydrogen (secondary N) is 3. The SMILES string of the molecule is COc1ccc2c(O[C@@H]3C[C@H]4C(=O)N[C@]5(C(=O)NS(=O)(=O)C6(C)CC6)C[C@H]5C=CCC[C@H](C)C[C@@H](C)[C@H](NC(=O)OC(C)(C)C(C)(F)F)C(=O)N4C3)nc(OC(C)C)cc2c1. The summed E-state index contributed by atoms with van der Waals surface area (Å²) in [6.07, 6.45) is 3.81. The number of aromatic nitrogens is 1. The summed E-state index contributed by atoms with van der Waals surface area (Å²) in [4.78, 5) is 62.9. The number of ether oxygens (including phenoxy) is 4. The average Bonchev–Trinajstić information content (AvgIpc) is 4.04. The number of amides is 4. The minimum Gasteiger partial charge on any atom is -0.497 e. The standard InChI is InChI=1S/C43H59F2N5O10S/c1-24(2)58-33-20-27-19-29(57-9)14-15-31(27)36(46-33)59-30-21-32-35(51)48-43(38(53)49-61(55,56)41(7)16-17-41)22-28(43)13-11-10-12-25(3)18-26(4)34(37(52)50(32)23-30)47-39(54)60-40(5,6)42(8,44)45/h11,13-15,19-20,24-26,28,30,32,34H,10,12,16-18,21-23H2,1-9H3,(H,47,54)(H,48,51)(H,49,53)/t25-,26+,28+,30+,32-,34-,43+/m0/s1. The Morgan fingerprint density at radius 3 is 2.43 bits per heavy atom. The molecule has 18 heteroatoms. The largest absolute Gasteiger partial charge is 0.497 e. The molecule has 2 aliphatic carbocycles. The van der Waals surface area contributed by atoms with Crippen LogP contribution in [-0.2, 0) is 29.1 Å². The van der Waals surface area contributed by atoms with Gasteiger partial charge in [0.1, 0.15) is 29.5 Å². The van der Waals surface area contributed by atoms with Crippen LogP contribution in [0.1, 0.15) is 100 Å². The maximum Gasteiger partial charge on any atom is 0.408 e. The van der Waals surface area contributed by atoms with Crippen molar-refractivity contribution in [2.75, 3.05) is 13.7 Å². The van der Waals surface area contributed by atoms with Crippen molar-refractivity contribution >= 4 is 44.6 Å². The van der Waals surface area contributed by atoms with Gasteiger partial charge in [0.05, 0.1) is 24.5 Å². The normalized spacial score (nSPS) is 28.1. The second kappa shape index (κ2) is 16.9. The fourth-order valence-corrected chi connectivity index (χ4v) is 9.24. The molecule has 0 bridgehead atoms. The lowest BCUT2D eigenvalue weighted by Gasteiger charge is -2.35. The quantitative estimate of drug-likeness (QED) is 0.232. The fraction of sp³-hybridized carbons (Fsp3) is 0.651. The molecule has 61 heavy (non-hydrogen) atoms. The first-order valence-electron chi connectivity index (χ1n) is 20.9. The number of pyridine rings is 1. The first kappa shape index (κ1) is 45.8. The van der Waals surface area contributed by atoms with E-state index in [1.165, 1.54) is 12.0 Å². The number of benzene rings is 1. The highest BCUT2D eigenvalue weighted by Gasteiger charge is 2.63. The van der Waals surface area contributed by atoms with Crippen molar-refractivity contribution in [1.82, 2.24) is 25.2 Å². The fourth-order valence-electron chi connectivity index (χ4n) is 7.93. The summed E-state index contributed by atoms with van der Waals surface area (Å²) in [6, 6.07) is 4.39. The summed E-state index contributed by atoms with van der Waals surface area (Å²) in [5.41, 5.74) is -3.86. The third-order valence-corrected chi connectivity index (χ3v) is 14.7. The van der Waals surface area contributed by atoms with Gasteiger partial charge in [0.2, 0.25) is 33.6 Å². The maximum absolute atomic E-state index is 14.9. The maximum atomic E-state index is 14.9. The van der Waals surface area contributed by atoms with Gasteiger partial charge in [-0.25, -0.2) is 22.0 Å². The third kappa shape index (κ3) is 9.83. The molecule has 4 aliphatic rings. The Kier molecular flexibility index (Phi) is 12.6. The first-order chi connectivity index (χ1) is 28.4. The van der Waals surface area contributed by atoms with Crippen LogP contribution >= 0.6 is 0 Å². The monoisotopic (exact) mass is 875 g/mol. The molecule has 336 valence electrons. The van der Waals surface area contributed by atoms with E-state index in [0.29, 0.717) is 55.5 Å². The molecule has 3 N–H and O–H groups in total. The van der Waals surface area contributed by atoms with Crippen LogP contribution in [0.25, 0.3) is 10.8 Å². The van der Waals surface area contributed by atoms with Crippen LogP contribution in [0.2, 0.25) is 0 Å². The van der Waals surface area contributed by atoms with Crippen molar-refractivity contribution in [3.8, 4) is 17.5 Å². The number of allylic oxidation sites excluding steroid dienone is 1. The summed E-state index contributed by atoms with van der Waals surface area (Å²) in [6.45, 7) is 11.5. The van der Waals surface area contributed by atoms with Crippen LogP contribution in [0, 0.1) is 17.8 Å². The van der Waals surface area contributed by atoms with Crippen LogP contribution in [0.4, 0.5) is 13.6 Å². The Hall–Kier alpha value is -4.74. The summed E-state index contributed by atoms with van der Waals surface area (Å²) in [7, 11) is -2.53. The molecule has 1 aromatic carbocycles. The zero-order valence-corrected chi connectivity index (χ0v) is 37.1. The number of hydrogen-bond donors (Lipinski definition) is 3. The van der Waals surface area contributed by atoms with Gasteiger partial charge in [0, 0.05) is 30.7 Å². The van der Waals surface area contributed by atoms with Crippen molar-refractivity contribution in [1.29, 1.82) is 0 Å². The second-order valence-electron chi connectivity index (χ2n) is 18.4. The molecular formula is C43H59F2N5O10S. The van der Waals surface area contributed by atoms with Gasteiger partial charge in [-0.3, -0.25) is 19.1 Å². The predicted molar refractivity (Wildman–Crippen MR) is 222 cm³/mol. The summed E-state index contributed by atoms with van der Waals surface area (Å²) < 4.78 is 79.7. The van der Waals surface area contributed by atoms with E-state index in [1.807, 2.05) is 32.9 Å². The second-order valence-corrected chi connectivity index (χ2v) is 20.6. The number of carbonyl (C=O) groups is 4. The third-order valence-electron chi connectivity index (χ3n) is 12.5. The minimum absolute atomic E-state index is 0.00882. The number of halogens is 2. The number of sulfonamides is 1. The molecule has 7 atom stereocenters. The number of alkyl halides is 2. The smallest absolute Gasteiger partial charge is 0.408 e. The van der Waals surface area contributed by atoms with Gasteiger partial charge in [-0.2, -0.15) is 4.98 Å². The zero-order chi connectivity index (χ0) is 44.9. The Bertz CT molecular complexity index is 2170. The molecule has 6 rings (SSSR count). The van der Waals surface area contributed by atoms with E-state index in [9.17, 15) is 36.4 Å². The van der Waals surface area contributed by atoms with Gasteiger partial charge in [-0.1, -0.05) is 26.0 Å². The van der Waals surface area contributed by atoms with E-state index in [0.717, 1.165) is 13.8 Å². The Morgan fingerprint density at radius 2 is 1.79 bits per heavy atom. The first-order valence-corrected chi connectivity index (χ1v) is 22.4. The molecular weight excluding hydrogens is 817 g/mol. The lowest BCUT2D eigenvalue weighted by atomic mass is 9.88. The summed E-state index contributed by atoms with van der Waals surface area (Å²) >= 11 is 0. The molecule has 2 saturated carbocycles. The average molecular weight is 876 g/mol. The Morgan fingerprint density at radius 1 is 1.08 bits per heavy atom. The molecule has 0 radical (unpaired) electrons. The Balaban J connectivity index is 1.38. The number of hydrogen-bond acceptors (Lipinski definition) is 11. The molecule has 15 nitrogen and oxygen atoms in total. The lowest BCUT2D eigenvalue weighted by molar-refractivity contribution is -0.152. The highest BCUT2D eigenvalue weighted by atomic mass is 32.2. The number of methoxy groups -OCH3 is 1. The van der Waals surface area contributed by atoms with Crippen molar-refractivity contribution in [3.63, 3.8) is 0 Å². The van der Waals surface area contributed by atoms with Crippen molar-refractivity contribution in [2.45, 2.75) is 146 Å². The van der Waals surface area contributed by atoms with Gasteiger partial charge in [-0.05, 0) is 109 Å². The highest BCUT2D eigenvalue weighted by molar-refractivity contribution is 7.91. The van der Waals surface area contributed by atoms with Crippen LogP contribution in [-0.4, -0.2) is 102 Å². The van der Waals surface area contributed by atoms with Crippen molar-refractivity contribution in [3.05, 3.63) is 36.4 Å². The van der Waals surface area contributed by atoms with Crippen LogP contribution in [0.3, 0.4) is 0 Å². The van der Waals surface area contributed by atoms with E-state index >= 15 is 0 Å². The van der Waals surface area contributed by atoms with Crippen LogP contribution in [0.15, 0.2) is 36.4 Å². The molecule has 3 heterocycles. The summed E-state index contributed by atoms with van der Waals surface area (Å²) in [5, 5.41) is 6.67. The molecule has 0 spiro atoms. The van der Waals surface area contributed by atoms with Gasteiger partial charge < -0.3 is 34.5 Å². The van der Waals surface area contributed by atoms with E-state index in [1.54, 1.807) is 38.1 Å². The van der Waals surface area contributed by atoms with Gasteiger partial charge in [-0.15, -0.1) is 0 Å². The molecule has 2 aliphatic heterocycles. The van der Waals surface area contributed by atoms with E-state index in [4.69, 9.17) is 18.9 Å². The minimum atomic E-state index is -4.07. The number of rotatable bonds is 11. The summed E-state index contributed by atoms with van der Waals surface area (Å²) in [5.74, 6) is -5.85. The zero-order valence-electron chi connectivity index (χ0n) is 36.3. The van der Waals surface area contributed by atoms with E-state index in [2.05, 4.69) is 20.3 Å². The predicted octanol–water partition coefficient (Wildman–Crippen LogP) is 5.79. The van der Waals surface area contributed by atoms with Crippen LogP contribution < -0.4 is 29.6 Å². The number of alkyl carbamates (subject to hydrolysis) is 1. The molecule has 1 aromatic heterocycles. The Labute approximate surface area is 356 Å². The van der Waals surface area contributed by atoms with Crippen molar-refractivity contribution in [2.24, 2.45) is 17.8 Å². The highest BCUT2D eigenvalue weighted by Crippen LogP contribution is 2.48. The molecule has 2 aromatic rings. The van der Waals surface area contributed by atoms with Gasteiger partial charge >= 0.3 is 6.09 Å². The van der Waals surface area contributed by atoms with Gasteiger partial charge in [0.15, 0.2) is 5.60 Å². The lowest BCUT2D eigenvalue weighted by Crippen LogP contribution is -2.59. The van der Waals surface area contributed by atoms with Crippen LogP contribution in [0.5, 0.6) is 17.5 Å². The van der Waals surface area contributed by atoms with Gasteiger partial charge in [0.25, 0.3) is 11.8 Å². The molecule has 0 unspecified atom stereocenters. The molecule has 4 amide bonds. The van der Waals surface area contributed by atoms with Crippen molar-refractivity contribution < 1.29 is 55.3 Å². The number of nitrogens with zero attached hydrogens (tertiary/aromatic N) is 2. The van der Waals surface area contributed by atoms with E-state index < -0.39 is 85.7 Å². The van der Waals surface area contributed by atoms with E-state index in [-0.39, 0.29) is 43.2 Å².